The first-order valence-electron chi connectivity index (χ1n) is 6.84. The molecule has 0 spiro atoms. The number of primary sulfonamides is 1. The standard InChI is InChI=1S/C14H19BrN2O3S/c1-8-12(6-11(7-13(8)15)21(16,19)20)14(18)17-9(2)10-4-3-5-10/h6-7,9-10H,3-5H2,1-2H3,(H,17,18)(H2,16,19,20). The summed E-state index contributed by atoms with van der Waals surface area (Å²) in [5.41, 5.74) is 1.03. The number of benzene rings is 1. The first kappa shape index (κ1) is 16.5. The Kier molecular flexibility index (Phi) is 4.75. The van der Waals surface area contributed by atoms with E-state index in [1.54, 1.807) is 6.92 Å². The molecule has 2 rings (SSSR count). The van der Waals surface area contributed by atoms with Gasteiger partial charge >= 0.3 is 0 Å². The fourth-order valence-electron chi connectivity index (χ4n) is 2.40. The molecule has 0 bridgehead atoms. The molecule has 5 nitrogen and oxygen atoms in total. The van der Waals surface area contributed by atoms with Gasteiger partial charge in [0.2, 0.25) is 10.0 Å². The summed E-state index contributed by atoms with van der Waals surface area (Å²) in [4.78, 5) is 12.3. The van der Waals surface area contributed by atoms with E-state index in [2.05, 4.69) is 21.2 Å². The van der Waals surface area contributed by atoms with Crippen molar-refractivity contribution in [1.82, 2.24) is 5.32 Å². The van der Waals surface area contributed by atoms with Crippen molar-refractivity contribution in [2.75, 3.05) is 0 Å². The summed E-state index contributed by atoms with van der Waals surface area (Å²) in [6.45, 7) is 3.75. The quantitative estimate of drug-likeness (QED) is 0.847. The molecule has 1 amide bonds. The summed E-state index contributed by atoms with van der Waals surface area (Å²) >= 11 is 3.28. The Morgan fingerprint density at radius 1 is 1.43 bits per heavy atom. The van der Waals surface area contributed by atoms with E-state index in [4.69, 9.17) is 5.14 Å². The summed E-state index contributed by atoms with van der Waals surface area (Å²) in [6.07, 6.45) is 3.46. The molecule has 7 heteroatoms. The van der Waals surface area contributed by atoms with Gasteiger partial charge in [-0.25, -0.2) is 13.6 Å². The predicted molar refractivity (Wildman–Crippen MR) is 84.5 cm³/mol. The number of sulfonamides is 1. The zero-order valence-corrected chi connectivity index (χ0v) is 14.4. The maximum atomic E-state index is 12.4. The second-order valence-corrected chi connectivity index (χ2v) is 7.99. The van der Waals surface area contributed by atoms with E-state index in [0.29, 0.717) is 21.5 Å². The lowest BCUT2D eigenvalue weighted by Crippen LogP contribution is -2.41. The van der Waals surface area contributed by atoms with Crippen molar-refractivity contribution in [3.05, 3.63) is 27.7 Å². The number of carbonyl (C=O) groups excluding carboxylic acids is 1. The van der Waals surface area contributed by atoms with Crippen LogP contribution < -0.4 is 10.5 Å². The molecule has 1 aliphatic rings. The van der Waals surface area contributed by atoms with Crippen LogP contribution in [0.3, 0.4) is 0 Å². The van der Waals surface area contributed by atoms with Crippen LogP contribution in [0.5, 0.6) is 0 Å². The van der Waals surface area contributed by atoms with Gasteiger partial charge in [-0.05, 0) is 50.3 Å². The average Bonchev–Trinajstić information content (AvgIpc) is 2.28. The lowest BCUT2D eigenvalue weighted by atomic mass is 9.80. The van der Waals surface area contributed by atoms with Gasteiger partial charge in [0.25, 0.3) is 5.91 Å². The van der Waals surface area contributed by atoms with Gasteiger partial charge in [0.15, 0.2) is 0 Å². The van der Waals surface area contributed by atoms with Crippen LogP contribution in [-0.4, -0.2) is 20.4 Å². The molecule has 1 aliphatic carbocycles. The summed E-state index contributed by atoms with van der Waals surface area (Å²) in [5.74, 6) is 0.247. The fraction of sp³-hybridized carbons (Fsp3) is 0.500. The number of halogens is 1. The third-order valence-electron chi connectivity index (χ3n) is 4.11. The summed E-state index contributed by atoms with van der Waals surface area (Å²) < 4.78 is 23.5. The SMILES string of the molecule is Cc1c(Br)cc(S(N)(=O)=O)cc1C(=O)NC(C)C1CCC1. The third-order valence-corrected chi connectivity index (χ3v) is 5.82. The van der Waals surface area contributed by atoms with Crippen LogP contribution in [0.1, 0.15) is 42.1 Å². The van der Waals surface area contributed by atoms with Crippen molar-refractivity contribution in [3.8, 4) is 0 Å². The molecule has 0 aliphatic heterocycles. The van der Waals surface area contributed by atoms with Crippen molar-refractivity contribution in [1.29, 1.82) is 0 Å². The first-order chi connectivity index (χ1) is 9.70. The van der Waals surface area contributed by atoms with Gasteiger partial charge in [-0.2, -0.15) is 0 Å². The average molecular weight is 375 g/mol. The van der Waals surface area contributed by atoms with Gasteiger partial charge < -0.3 is 5.32 Å². The van der Waals surface area contributed by atoms with E-state index in [-0.39, 0.29) is 16.8 Å². The largest absolute Gasteiger partial charge is 0.349 e. The van der Waals surface area contributed by atoms with Gasteiger partial charge in [-0.15, -0.1) is 0 Å². The lowest BCUT2D eigenvalue weighted by molar-refractivity contribution is 0.0908. The Morgan fingerprint density at radius 2 is 2.05 bits per heavy atom. The Morgan fingerprint density at radius 3 is 2.52 bits per heavy atom. The topological polar surface area (TPSA) is 89.3 Å². The summed E-state index contributed by atoms with van der Waals surface area (Å²) in [7, 11) is -3.85. The lowest BCUT2D eigenvalue weighted by Gasteiger charge is -2.32. The molecule has 1 unspecified atom stereocenters. The molecule has 0 radical (unpaired) electrons. The Hall–Kier alpha value is -0.920. The zero-order valence-electron chi connectivity index (χ0n) is 12.0. The van der Waals surface area contributed by atoms with E-state index >= 15 is 0 Å². The van der Waals surface area contributed by atoms with Gasteiger partial charge in [-0.1, -0.05) is 22.4 Å². The highest BCUT2D eigenvalue weighted by Crippen LogP contribution is 2.30. The monoisotopic (exact) mass is 374 g/mol. The van der Waals surface area contributed by atoms with Crippen LogP contribution in [0.25, 0.3) is 0 Å². The molecule has 0 aromatic heterocycles. The van der Waals surface area contributed by atoms with Gasteiger partial charge in [0.05, 0.1) is 4.90 Å². The van der Waals surface area contributed by atoms with Crippen LogP contribution in [-0.2, 0) is 10.0 Å². The molecule has 1 fully saturated rings. The molecular weight excluding hydrogens is 356 g/mol. The van der Waals surface area contributed by atoms with Crippen molar-refractivity contribution >= 4 is 31.9 Å². The van der Waals surface area contributed by atoms with Crippen molar-refractivity contribution in [2.24, 2.45) is 11.1 Å². The van der Waals surface area contributed by atoms with Crippen molar-refractivity contribution in [2.45, 2.75) is 44.0 Å². The maximum absolute atomic E-state index is 12.4. The number of rotatable bonds is 4. The van der Waals surface area contributed by atoms with Crippen LogP contribution in [0.15, 0.2) is 21.5 Å². The highest BCUT2D eigenvalue weighted by atomic mass is 79.9. The molecular formula is C14H19BrN2O3S. The molecule has 116 valence electrons. The molecule has 21 heavy (non-hydrogen) atoms. The minimum Gasteiger partial charge on any atom is -0.349 e. The molecule has 0 heterocycles. The number of nitrogens with one attached hydrogen (secondary N) is 1. The van der Waals surface area contributed by atoms with E-state index in [9.17, 15) is 13.2 Å². The van der Waals surface area contributed by atoms with Gasteiger partial charge in [0.1, 0.15) is 0 Å². The van der Waals surface area contributed by atoms with Crippen LogP contribution in [0.2, 0.25) is 0 Å². The normalized spacial score (nSPS) is 17.1. The second-order valence-electron chi connectivity index (χ2n) is 5.58. The fourth-order valence-corrected chi connectivity index (χ4v) is 3.57. The Balaban J connectivity index is 2.29. The first-order valence-corrected chi connectivity index (χ1v) is 9.18. The number of amides is 1. The van der Waals surface area contributed by atoms with Crippen molar-refractivity contribution in [3.63, 3.8) is 0 Å². The third kappa shape index (κ3) is 3.64. The van der Waals surface area contributed by atoms with Crippen molar-refractivity contribution < 1.29 is 13.2 Å². The molecule has 1 saturated carbocycles. The predicted octanol–water partition coefficient (Wildman–Crippen LogP) is 2.32. The molecule has 3 N–H and O–H groups in total. The highest BCUT2D eigenvalue weighted by Gasteiger charge is 2.26. The summed E-state index contributed by atoms with van der Waals surface area (Å²) in [6, 6.07) is 2.83. The Bertz CT molecular complexity index is 669. The van der Waals surface area contributed by atoms with E-state index in [1.807, 2.05) is 6.92 Å². The number of nitrogens with two attached hydrogens (primary N) is 1. The number of carbonyl (C=O) groups is 1. The van der Waals surface area contributed by atoms with E-state index in [0.717, 1.165) is 12.8 Å². The van der Waals surface area contributed by atoms with Gasteiger partial charge in [0, 0.05) is 16.1 Å². The molecule has 1 atom stereocenters. The number of hydrogen-bond donors (Lipinski definition) is 2. The van der Waals surface area contributed by atoms with E-state index < -0.39 is 10.0 Å². The molecule has 1 aromatic carbocycles. The Labute approximate surface area is 133 Å². The minimum absolute atomic E-state index is 0.0681. The van der Waals surface area contributed by atoms with E-state index in [1.165, 1.54) is 18.6 Å². The minimum atomic E-state index is -3.85. The van der Waals surface area contributed by atoms with Crippen LogP contribution in [0, 0.1) is 12.8 Å². The maximum Gasteiger partial charge on any atom is 0.251 e. The molecule has 1 aromatic rings. The van der Waals surface area contributed by atoms with Crippen LogP contribution in [0.4, 0.5) is 0 Å². The van der Waals surface area contributed by atoms with Gasteiger partial charge in [-0.3, -0.25) is 4.79 Å². The zero-order chi connectivity index (χ0) is 15.8. The second kappa shape index (κ2) is 6.06. The number of hydrogen-bond acceptors (Lipinski definition) is 3. The smallest absolute Gasteiger partial charge is 0.251 e. The highest BCUT2D eigenvalue weighted by molar-refractivity contribution is 9.10. The molecule has 0 saturated heterocycles. The summed E-state index contributed by atoms with van der Waals surface area (Å²) in [5, 5.41) is 8.09. The van der Waals surface area contributed by atoms with Crippen LogP contribution >= 0.6 is 15.9 Å².